The number of halogens is 1. The van der Waals surface area contributed by atoms with Crippen molar-refractivity contribution in [1.82, 2.24) is 9.88 Å². The fourth-order valence-corrected chi connectivity index (χ4v) is 5.03. The molecule has 3 aromatic rings. The number of hydrogen-bond acceptors (Lipinski definition) is 3. The second-order valence-corrected chi connectivity index (χ2v) is 9.21. The van der Waals surface area contributed by atoms with Crippen molar-refractivity contribution in [2.45, 2.75) is 32.4 Å². The summed E-state index contributed by atoms with van der Waals surface area (Å²) in [6.45, 7) is 4.14. The summed E-state index contributed by atoms with van der Waals surface area (Å²) < 4.78 is 9.91. The van der Waals surface area contributed by atoms with E-state index < -0.39 is 0 Å². The van der Waals surface area contributed by atoms with Crippen LogP contribution in [-0.2, 0) is 11.3 Å². The van der Waals surface area contributed by atoms with Gasteiger partial charge in [-0.3, -0.25) is 4.79 Å². The predicted molar refractivity (Wildman–Crippen MR) is 109 cm³/mol. The lowest BCUT2D eigenvalue weighted by Crippen LogP contribution is -2.33. The zero-order valence-electron chi connectivity index (χ0n) is 14.6. The van der Waals surface area contributed by atoms with Crippen molar-refractivity contribution in [3.63, 3.8) is 0 Å². The maximum atomic E-state index is 12.8. The number of carbonyl (C=O) groups excluding carboxylic acids is 1. The third-order valence-corrected chi connectivity index (χ3v) is 6.30. The van der Waals surface area contributed by atoms with Gasteiger partial charge >= 0.3 is 0 Å². The number of nitrogens with one attached hydrogen (secondary N) is 1. The Balaban J connectivity index is 1.62. The lowest BCUT2D eigenvalue weighted by atomic mass is 10.1. The van der Waals surface area contributed by atoms with Crippen molar-refractivity contribution in [1.29, 1.82) is 0 Å². The van der Waals surface area contributed by atoms with E-state index in [0.29, 0.717) is 18.8 Å². The molecule has 0 spiro atoms. The molecule has 1 aliphatic rings. The van der Waals surface area contributed by atoms with Crippen LogP contribution in [0.3, 0.4) is 0 Å². The lowest BCUT2D eigenvalue weighted by Gasteiger charge is -2.13. The van der Waals surface area contributed by atoms with E-state index in [4.69, 9.17) is 4.74 Å². The number of aryl methyl sites for hydroxylation is 1. The van der Waals surface area contributed by atoms with E-state index in [1.54, 1.807) is 11.3 Å². The van der Waals surface area contributed by atoms with Gasteiger partial charge in [-0.15, -0.1) is 11.3 Å². The highest BCUT2D eigenvalue weighted by atomic mass is 79.9. The van der Waals surface area contributed by atoms with Crippen molar-refractivity contribution in [2.75, 3.05) is 13.2 Å². The standard InChI is InChI=1S/C20H21BrN2O2S/c1-13-4-2-5-14(8-13)12-23-16-10-19(21)26-18(16)9-17(23)20(24)22-11-15-6-3-7-25-15/h2,4-5,8-10,15H,3,6-7,11-12H2,1H3,(H,22,24)/t15-/m1/s1. The molecule has 2 aromatic heterocycles. The third-order valence-electron chi connectivity index (χ3n) is 4.73. The van der Waals surface area contributed by atoms with Crippen LogP contribution in [0.4, 0.5) is 0 Å². The fourth-order valence-electron chi connectivity index (χ4n) is 3.47. The molecule has 0 aliphatic carbocycles. The van der Waals surface area contributed by atoms with E-state index in [0.717, 1.165) is 33.5 Å². The Morgan fingerprint density at radius 1 is 1.38 bits per heavy atom. The Morgan fingerprint density at radius 2 is 2.27 bits per heavy atom. The highest BCUT2D eigenvalue weighted by Gasteiger charge is 2.20. The highest BCUT2D eigenvalue weighted by Crippen LogP contribution is 2.33. The van der Waals surface area contributed by atoms with Gasteiger partial charge in [0.2, 0.25) is 0 Å². The largest absolute Gasteiger partial charge is 0.376 e. The minimum atomic E-state index is -0.0346. The molecule has 136 valence electrons. The number of carbonyl (C=O) groups is 1. The fraction of sp³-hybridized carbons (Fsp3) is 0.350. The molecule has 1 fully saturated rings. The van der Waals surface area contributed by atoms with E-state index in [-0.39, 0.29) is 12.0 Å². The topological polar surface area (TPSA) is 43.3 Å². The molecule has 1 aliphatic heterocycles. The third kappa shape index (κ3) is 3.72. The molecule has 0 bridgehead atoms. The molecule has 1 saturated heterocycles. The smallest absolute Gasteiger partial charge is 0.268 e. The molecule has 26 heavy (non-hydrogen) atoms. The quantitative estimate of drug-likeness (QED) is 0.632. The summed E-state index contributed by atoms with van der Waals surface area (Å²) in [6, 6.07) is 12.5. The van der Waals surface area contributed by atoms with Gasteiger partial charge in [0.05, 0.1) is 20.1 Å². The summed E-state index contributed by atoms with van der Waals surface area (Å²) in [5, 5.41) is 3.05. The zero-order chi connectivity index (χ0) is 18.1. The monoisotopic (exact) mass is 432 g/mol. The van der Waals surface area contributed by atoms with Gasteiger partial charge in [-0.25, -0.2) is 0 Å². The average molecular weight is 433 g/mol. The van der Waals surface area contributed by atoms with Gasteiger partial charge in [-0.2, -0.15) is 0 Å². The van der Waals surface area contributed by atoms with E-state index in [2.05, 4.69) is 63.1 Å². The molecule has 1 amide bonds. The number of thiophene rings is 1. The first-order valence-electron chi connectivity index (χ1n) is 8.84. The summed E-state index contributed by atoms with van der Waals surface area (Å²) >= 11 is 5.21. The van der Waals surface area contributed by atoms with Crippen molar-refractivity contribution < 1.29 is 9.53 Å². The molecule has 3 heterocycles. The molecular formula is C20H21BrN2O2S. The van der Waals surface area contributed by atoms with Crippen LogP contribution in [0.15, 0.2) is 40.2 Å². The molecule has 4 nitrogen and oxygen atoms in total. The number of ether oxygens (including phenoxy) is 1. The number of hydrogen-bond donors (Lipinski definition) is 1. The van der Waals surface area contributed by atoms with E-state index >= 15 is 0 Å². The molecular weight excluding hydrogens is 412 g/mol. The van der Waals surface area contributed by atoms with Gasteiger partial charge in [0.25, 0.3) is 5.91 Å². The lowest BCUT2D eigenvalue weighted by molar-refractivity contribution is 0.0851. The van der Waals surface area contributed by atoms with Crippen LogP contribution in [0.25, 0.3) is 10.2 Å². The van der Waals surface area contributed by atoms with Gasteiger partial charge in [-0.1, -0.05) is 29.8 Å². The Labute approximate surface area is 165 Å². The van der Waals surface area contributed by atoms with Crippen LogP contribution in [0.1, 0.15) is 34.5 Å². The number of amides is 1. The first kappa shape index (κ1) is 17.8. The number of benzene rings is 1. The zero-order valence-corrected chi connectivity index (χ0v) is 17.0. The first-order chi connectivity index (χ1) is 12.6. The molecule has 1 aromatic carbocycles. The predicted octanol–water partition coefficient (Wildman–Crippen LogP) is 4.73. The maximum absolute atomic E-state index is 12.8. The van der Waals surface area contributed by atoms with Crippen molar-refractivity contribution in [2.24, 2.45) is 0 Å². The van der Waals surface area contributed by atoms with Crippen LogP contribution in [-0.4, -0.2) is 29.7 Å². The minimum absolute atomic E-state index is 0.0346. The first-order valence-corrected chi connectivity index (χ1v) is 10.4. The molecule has 0 saturated carbocycles. The van der Waals surface area contributed by atoms with Gasteiger partial charge < -0.3 is 14.6 Å². The van der Waals surface area contributed by atoms with Gasteiger partial charge in [-0.05, 0) is 53.4 Å². The second-order valence-electron chi connectivity index (χ2n) is 6.75. The summed E-state index contributed by atoms with van der Waals surface area (Å²) in [5.74, 6) is -0.0346. The van der Waals surface area contributed by atoms with Crippen LogP contribution in [0.2, 0.25) is 0 Å². The van der Waals surface area contributed by atoms with Crippen molar-refractivity contribution in [3.8, 4) is 0 Å². The molecule has 1 N–H and O–H groups in total. The molecule has 0 unspecified atom stereocenters. The van der Waals surface area contributed by atoms with Gasteiger partial charge in [0.15, 0.2) is 0 Å². The molecule has 1 atom stereocenters. The van der Waals surface area contributed by atoms with Crippen LogP contribution >= 0.6 is 27.3 Å². The van der Waals surface area contributed by atoms with Gasteiger partial charge in [0, 0.05) is 19.7 Å². The Morgan fingerprint density at radius 3 is 3.04 bits per heavy atom. The summed E-state index contributed by atoms with van der Waals surface area (Å²) in [5.41, 5.74) is 4.21. The highest BCUT2D eigenvalue weighted by molar-refractivity contribution is 9.11. The molecule has 4 rings (SSSR count). The SMILES string of the molecule is Cc1cccc(Cn2c(C(=O)NC[C@H]3CCCO3)cc3sc(Br)cc32)c1. The number of aromatic nitrogens is 1. The normalized spacial score (nSPS) is 17.1. The van der Waals surface area contributed by atoms with E-state index in [1.807, 2.05) is 6.07 Å². The Bertz CT molecular complexity index is 941. The minimum Gasteiger partial charge on any atom is -0.376 e. The average Bonchev–Trinajstić information content (AvgIpc) is 3.31. The van der Waals surface area contributed by atoms with Crippen molar-refractivity contribution >= 4 is 43.4 Å². The summed E-state index contributed by atoms with van der Waals surface area (Å²) in [7, 11) is 0. The number of fused-ring (bicyclic) bond motifs is 1. The second kappa shape index (κ2) is 7.55. The Kier molecular flexibility index (Phi) is 5.16. The van der Waals surface area contributed by atoms with E-state index in [9.17, 15) is 4.79 Å². The molecule has 6 heteroatoms. The van der Waals surface area contributed by atoms with Crippen LogP contribution in [0.5, 0.6) is 0 Å². The summed E-state index contributed by atoms with van der Waals surface area (Å²) in [6.07, 6.45) is 2.25. The van der Waals surface area contributed by atoms with Crippen molar-refractivity contribution in [3.05, 3.63) is 57.0 Å². The molecule has 0 radical (unpaired) electrons. The van der Waals surface area contributed by atoms with Gasteiger partial charge in [0.1, 0.15) is 5.69 Å². The maximum Gasteiger partial charge on any atom is 0.268 e. The number of rotatable bonds is 5. The number of nitrogens with zero attached hydrogens (tertiary/aromatic N) is 1. The summed E-state index contributed by atoms with van der Waals surface area (Å²) in [4.78, 5) is 12.8. The van der Waals surface area contributed by atoms with Crippen LogP contribution in [0, 0.1) is 6.92 Å². The van der Waals surface area contributed by atoms with Crippen LogP contribution < -0.4 is 5.32 Å². The Hall–Kier alpha value is -1.63. The van der Waals surface area contributed by atoms with E-state index in [1.165, 1.54) is 11.1 Å².